The van der Waals surface area contributed by atoms with Crippen molar-refractivity contribution in [2.45, 2.75) is 31.9 Å². The minimum absolute atomic E-state index is 0. The summed E-state index contributed by atoms with van der Waals surface area (Å²) in [5.74, 6) is 1.24. The topological polar surface area (TPSA) is 39.4 Å². The summed E-state index contributed by atoms with van der Waals surface area (Å²) in [7, 11) is 2.18. The number of aromatic nitrogens is 2. The monoisotopic (exact) mass is 461 g/mol. The van der Waals surface area contributed by atoms with Gasteiger partial charge in [0, 0.05) is 42.9 Å². The number of ether oxygens (including phenoxy) is 1. The van der Waals surface area contributed by atoms with Crippen LogP contribution in [-0.2, 0) is 20.2 Å². The van der Waals surface area contributed by atoms with Gasteiger partial charge in [0.05, 0.1) is 11.2 Å². The zero-order valence-electron chi connectivity index (χ0n) is 18.7. The number of nitrogens with zero attached hydrogens (tertiary/aromatic N) is 3. The number of rotatable bonds is 4. The summed E-state index contributed by atoms with van der Waals surface area (Å²) >= 11 is 0. The van der Waals surface area contributed by atoms with Gasteiger partial charge in [-0.2, -0.15) is 0 Å². The van der Waals surface area contributed by atoms with E-state index in [1.54, 1.807) is 10.6 Å². The SMILES string of the molecule is Cl.Cn1c2c(c3ccc(-n4ccc(OCc5ccccc5)cc4=O)cc31)CN1CCC2CC1. The van der Waals surface area contributed by atoms with Gasteiger partial charge in [-0.3, -0.25) is 14.3 Å². The average Bonchev–Trinajstić information content (AvgIpc) is 2.97. The summed E-state index contributed by atoms with van der Waals surface area (Å²) in [6.45, 7) is 3.89. The summed E-state index contributed by atoms with van der Waals surface area (Å²) in [5, 5.41) is 1.32. The van der Waals surface area contributed by atoms with Crippen molar-refractivity contribution in [3.05, 3.63) is 94.0 Å². The van der Waals surface area contributed by atoms with E-state index in [1.807, 2.05) is 42.6 Å². The second kappa shape index (κ2) is 8.73. The highest BCUT2D eigenvalue weighted by Gasteiger charge is 2.31. The molecule has 33 heavy (non-hydrogen) atoms. The van der Waals surface area contributed by atoms with Crippen LogP contribution in [0.2, 0.25) is 0 Å². The van der Waals surface area contributed by atoms with Crippen molar-refractivity contribution >= 4 is 23.3 Å². The zero-order valence-corrected chi connectivity index (χ0v) is 19.6. The fraction of sp³-hybridized carbons (Fsp3) is 0.296. The Morgan fingerprint density at radius 3 is 2.55 bits per heavy atom. The fourth-order valence-corrected chi connectivity index (χ4v) is 5.45. The van der Waals surface area contributed by atoms with Crippen LogP contribution in [-0.4, -0.2) is 27.1 Å². The van der Waals surface area contributed by atoms with E-state index in [1.165, 1.54) is 48.1 Å². The van der Waals surface area contributed by atoms with Crippen molar-refractivity contribution < 1.29 is 4.74 Å². The Kier molecular flexibility index (Phi) is 5.77. The van der Waals surface area contributed by atoms with Gasteiger partial charge >= 0.3 is 0 Å². The van der Waals surface area contributed by atoms with Crippen molar-refractivity contribution in [3.8, 4) is 11.4 Å². The van der Waals surface area contributed by atoms with E-state index in [2.05, 4.69) is 34.7 Å². The van der Waals surface area contributed by atoms with Crippen LogP contribution in [0.3, 0.4) is 0 Å². The van der Waals surface area contributed by atoms with Crippen LogP contribution in [0.15, 0.2) is 71.7 Å². The molecule has 1 saturated heterocycles. The Labute approximate surface area is 199 Å². The van der Waals surface area contributed by atoms with Crippen LogP contribution in [0.25, 0.3) is 16.6 Å². The van der Waals surface area contributed by atoms with Crippen LogP contribution in [0.5, 0.6) is 5.75 Å². The summed E-state index contributed by atoms with van der Waals surface area (Å²) < 4.78 is 9.89. The van der Waals surface area contributed by atoms with Gasteiger partial charge in [-0.1, -0.05) is 36.4 Å². The van der Waals surface area contributed by atoms with E-state index in [0.717, 1.165) is 17.8 Å². The van der Waals surface area contributed by atoms with Crippen molar-refractivity contribution in [2.24, 2.45) is 7.05 Å². The molecule has 0 spiro atoms. The fourth-order valence-electron chi connectivity index (χ4n) is 5.45. The lowest BCUT2D eigenvalue weighted by Crippen LogP contribution is -2.29. The zero-order chi connectivity index (χ0) is 21.7. The maximum atomic E-state index is 12.9. The quantitative estimate of drug-likeness (QED) is 0.428. The van der Waals surface area contributed by atoms with E-state index >= 15 is 0 Å². The number of aryl methyl sites for hydroxylation is 1. The molecule has 0 N–H and O–H groups in total. The molecule has 4 aromatic rings. The number of benzene rings is 2. The molecule has 6 heteroatoms. The molecule has 0 atom stereocenters. The molecule has 1 fully saturated rings. The van der Waals surface area contributed by atoms with Crippen LogP contribution in [0.4, 0.5) is 0 Å². The average molecular weight is 462 g/mol. The van der Waals surface area contributed by atoms with Gasteiger partial charge in [0.15, 0.2) is 0 Å². The third kappa shape index (κ3) is 3.85. The first-order valence-corrected chi connectivity index (χ1v) is 11.4. The molecule has 5 nitrogen and oxygen atoms in total. The molecule has 3 aliphatic rings. The number of hydrogen-bond donors (Lipinski definition) is 0. The number of halogens is 1. The molecule has 0 aliphatic carbocycles. The maximum absolute atomic E-state index is 12.9. The highest BCUT2D eigenvalue weighted by atomic mass is 35.5. The van der Waals surface area contributed by atoms with Gasteiger partial charge in [0.1, 0.15) is 12.4 Å². The molecular formula is C27H28ClN3O2. The highest BCUT2D eigenvalue weighted by Crippen LogP contribution is 2.40. The molecule has 0 unspecified atom stereocenters. The van der Waals surface area contributed by atoms with Crippen LogP contribution < -0.4 is 10.3 Å². The van der Waals surface area contributed by atoms with Gasteiger partial charge in [0.25, 0.3) is 5.56 Å². The summed E-state index contributed by atoms with van der Waals surface area (Å²) in [5.41, 5.74) is 6.06. The van der Waals surface area contributed by atoms with Crippen molar-refractivity contribution in [2.75, 3.05) is 13.1 Å². The Bertz CT molecular complexity index is 1350. The molecule has 2 aromatic heterocycles. The Morgan fingerprint density at radius 1 is 1.00 bits per heavy atom. The third-order valence-electron chi connectivity index (χ3n) is 7.11. The first kappa shape index (κ1) is 21.8. The minimum atomic E-state index is -0.0872. The molecule has 0 radical (unpaired) electrons. The van der Waals surface area contributed by atoms with E-state index in [-0.39, 0.29) is 18.0 Å². The largest absolute Gasteiger partial charge is 0.489 e. The van der Waals surface area contributed by atoms with Gasteiger partial charge in [0.2, 0.25) is 0 Å². The number of piperidine rings is 1. The van der Waals surface area contributed by atoms with Gasteiger partial charge in [-0.25, -0.2) is 0 Å². The molecule has 2 bridgehead atoms. The van der Waals surface area contributed by atoms with Crippen LogP contribution >= 0.6 is 12.4 Å². The number of pyridine rings is 1. The molecule has 5 heterocycles. The molecule has 170 valence electrons. The van der Waals surface area contributed by atoms with E-state index < -0.39 is 0 Å². The van der Waals surface area contributed by atoms with E-state index in [9.17, 15) is 4.79 Å². The predicted molar refractivity (Wildman–Crippen MR) is 134 cm³/mol. The number of hydrogen-bond acceptors (Lipinski definition) is 3. The summed E-state index contributed by atoms with van der Waals surface area (Å²) in [4.78, 5) is 15.5. The minimum Gasteiger partial charge on any atom is -0.489 e. The Morgan fingerprint density at radius 2 is 1.79 bits per heavy atom. The van der Waals surface area contributed by atoms with Crippen molar-refractivity contribution in [3.63, 3.8) is 0 Å². The van der Waals surface area contributed by atoms with E-state index in [0.29, 0.717) is 18.3 Å². The van der Waals surface area contributed by atoms with Crippen molar-refractivity contribution in [1.82, 2.24) is 14.0 Å². The first-order valence-electron chi connectivity index (χ1n) is 11.4. The lowest BCUT2D eigenvalue weighted by Gasteiger charge is -2.27. The van der Waals surface area contributed by atoms with Crippen LogP contribution in [0.1, 0.15) is 35.6 Å². The normalized spacial score (nSPS) is 19.1. The molecule has 2 aromatic carbocycles. The third-order valence-corrected chi connectivity index (χ3v) is 7.11. The Hall–Kier alpha value is -3.02. The van der Waals surface area contributed by atoms with Gasteiger partial charge in [-0.05, 0) is 55.3 Å². The molecular weight excluding hydrogens is 434 g/mol. The molecule has 7 rings (SSSR count). The Balaban J connectivity index is 0.00000228. The predicted octanol–water partition coefficient (Wildman–Crippen LogP) is 5.02. The summed E-state index contributed by atoms with van der Waals surface area (Å²) in [6, 6.07) is 19.8. The standard InChI is InChI=1S/C27H27N3O2.ClH/c1-28-25-15-21(7-8-23(25)24-17-29-12-9-20(10-13-29)27(24)28)30-14-11-22(16-26(30)31)32-18-19-5-3-2-4-6-19;/h2-8,11,14-16,20H,9-10,12-13,17-18H2,1H3;1H. The highest BCUT2D eigenvalue weighted by molar-refractivity contribution is 5.87. The lowest BCUT2D eigenvalue weighted by molar-refractivity contribution is 0.220. The smallest absolute Gasteiger partial charge is 0.258 e. The molecule has 0 saturated carbocycles. The molecule has 3 aliphatic heterocycles. The summed E-state index contributed by atoms with van der Waals surface area (Å²) in [6.07, 6.45) is 4.30. The number of fused-ring (bicyclic) bond motifs is 3. The van der Waals surface area contributed by atoms with E-state index in [4.69, 9.17) is 4.74 Å². The van der Waals surface area contributed by atoms with Gasteiger partial charge < -0.3 is 9.30 Å². The molecule has 0 amide bonds. The van der Waals surface area contributed by atoms with Crippen LogP contribution in [0, 0.1) is 0 Å². The maximum Gasteiger partial charge on any atom is 0.258 e. The second-order valence-electron chi connectivity index (χ2n) is 9.02. The van der Waals surface area contributed by atoms with Crippen molar-refractivity contribution in [1.29, 1.82) is 0 Å². The van der Waals surface area contributed by atoms with Gasteiger partial charge in [-0.15, -0.1) is 12.4 Å². The second-order valence-corrected chi connectivity index (χ2v) is 9.02. The lowest BCUT2D eigenvalue weighted by atomic mass is 9.94. The first-order chi connectivity index (χ1) is 15.7.